The van der Waals surface area contributed by atoms with Crippen molar-refractivity contribution < 1.29 is 4.39 Å². The molecule has 2 nitrogen and oxygen atoms in total. The van der Waals surface area contributed by atoms with Gasteiger partial charge in [-0.3, -0.25) is 0 Å². The summed E-state index contributed by atoms with van der Waals surface area (Å²) in [5, 5.41) is 12.4. The van der Waals surface area contributed by atoms with Crippen molar-refractivity contribution in [3.8, 4) is 6.07 Å². The zero-order valence-electron chi connectivity index (χ0n) is 9.92. The van der Waals surface area contributed by atoms with Crippen molar-refractivity contribution in [3.63, 3.8) is 0 Å². The number of nitrogens with zero attached hydrogens (tertiary/aromatic N) is 1. The average Bonchev–Trinajstić information content (AvgIpc) is 2.31. The fourth-order valence-electron chi connectivity index (χ4n) is 1.50. The Morgan fingerprint density at radius 2 is 2.00 bits per heavy atom. The van der Waals surface area contributed by atoms with Gasteiger partial charge in [0, 0.05) is 5.69 Å². The van der Waals surface area contributed by atoms with Crippen molar-refractivity contribution in [3.05, 3.63) is 30.1 Å². The molecule has 0 aliphatic heterocycles. The molecule has 0 amide bonds. The summed E-state index contributed by atoms with van der Waals surface area (Å²) >= 11 is 0. The van der Waals surface area contributed by atoms with E-state index in [0.717, 1.165) is 12.1 Å². The van der Waals surface area contributed by atoms with Crippen molar-refractivity contribution in [2.45, 2.75) is 32.7 Å². The Kier molecular flexibility index (Phi) is 3.89. The van der Waals surface area contributed by atoms with Crippen molar-refractivity contribution in [2.24, 2.45) is 5.92 Å². The van der Waals surface area contributed by atoms with Crippen molar-refractivity contribution in [2.75, 3.05) is 5.32 Å². The average molecular weight is 220 g/mol. The van der Waals surface area contributed by atoms with Gasteiger partial charge in [0.15, 0.2) is 0 Å². The molecule has 16 heavy (non-hydrogen) atoms. The van der Waals surface area contributed by atoms with Crippen LogP contribution in [0.2, 0.25) is 0 Å². The summed E-state index contributed by atoms with van der Waals surface area (Å²) in [5.41, 5.74) is 0.151. The zero-order valence-corrected chi connectivity index (χ0v) is 9.92. The molecule has 2 atom stereocenters. The van der Waals surface area contributed by atoms with Gasteiger partial charge in [0.25, 0.3) is 0 Å². The van der Waals surface area contributed by atoms with E-state index < -0.39 is 5.54 Å². The highest BCUT2D eigenvalue weighted by atomic mass is 19.1. The second kappa shape index (κ2) is 4.98. The normalized spacial score (nSPS) is 15.9. The zero-order chi connectivity index (χ0) is 12.2. The summed E-state index contributed by atoms with van der Waals surface area (Å²) in [6.45, 7) is 5.94. The lowest BCUT2D eigenvalue weighted by atomic mass is 9.86. The quantitative estimate of drug-likeness (QED) is 0.842. The molecule has 1 N–H and O–H groups in total. The van der Waals surface area contributed by atoms with Crippen LogP contribution in [0.15, 0.2) is 24.3 Å². The Labute approximate surface area is 96.1 Å². The Bertz CT molecular complexity index is 380. The summed E-state index contributed by atoms with van der Waals surface area (Å²) in [4.78, 5) is 0. The van der Waals surface area contributed by atoms with Gasteiger partial charge in [-0.05, 0) is 37.1 Å². The van der Waals surface area contributed by atoms with Crippen LogP contribution in [-0.2, 0) is 0 Å². The lowest BCUT2D eigenvalue weighted by Crippen LogP contribution is -2.39. The molecule has 0 spiro atoms. The Morgan fingerprint density at radius 1 is 1.44 bits per heavy atom. The first-order chi connectivity index (χ1) is 7.51. The molecule has 0 bridgehead atoms. The number of rotatable bonds is 4. The van der Waals surface area contributed by atoms with Crippen LogP contribution in [0.5, 0.6) is 0 Å². The minimum absolute atomic E-state index is 0.225. The molecule has 0 radical (unpaired) electrons. The summed E-state index contributed by atoms with van der Waals surface area (Å²) in [6, 6.07) is 8.35. The van der Waals surface area contributed by atoms with E-state index in [9.17, 15) is 9.65 Å². The van der Waals surface area contributed by atoms with Gasteiger partial charge < -0.3 is 5.32 Å². The van der Waals surface area contributed by atoms with Gasteiger partial charge in [0.05, 0.1) is 6.07 Å². The maximum atomic E-state index is 12.7. The van der Waals surface area contributed by atoms with E-state index >= 15 is 0 Å². The molecule has 0 fully saturated rings. The number of hydrogen-bond donors (Lipinski definition) is 1. The second-order valence-corrected chi connectivity index (χ2v) is 4.26. The van der Waals surface area contributed by atoms with Crippen LogP contribution >= 0.6 is 0 Å². The Balaban J connectivity index is 2.86. The predicted molar refractivity (Wildman–Crippen MR) is 63.5 cm³/mol. The molecule has 1 aromatic rings. The SMILES string of the molecule is CCC(C)C(C)(C#N)Nc1ccc(F)cc1. The van der Waals surface area contributed by atoms with Crippen LogP contribution in [0.3, 0.4) is 0 Å². The molecular weight excluding hydrogens is 203 g/mol. The fraction of sp³-hybridized carbons (Fsp3) is 0.462. The van der Waals surface area contributed by atoms with Gasteiger partial charge in [-0.15, -0.1) is 0 Å². The summed E-state index contributed by atoms with van der Waals surface area (Å²) in [7, 11) is 0. The van der Waals surface area contributed by atoms with Crippen LogP contribution in [0.1, 0.15) is 27.2 Å². The Morgan fingerprint density at radius 3 is 2.44 bits per heavy atom. The summed E-state index contributed by atoms with van der Waals surface area (Å²) in [6.07, 6.45) is 0.915. The minimum atomic E-state index is -0.618. The molecular formula is C13H17FN2. The van der Waals surface area contributed by atoms with E-state index in [1.165, 1.54) is 12.1 Å². The molecule has 3 heteroatoms. The fourth-order valence-corrected chi connectivity index (χ4v) is 1.50. The third-order valence-corrected chi connectivity index (χ3v) is 3.08. The molecule has 0 saturated heterocycles. The van der Waals surface area contributed by atoms with Crippen molar-refractivity contribution >= 4 is 5.69 Å². The largest absolute Gasteiger partial charge is 0.367 e. The molecule has 0 aliphatic rings. The number of halogens is 1. The molecule has 1 rings (SSSR count). The summed E-state index contributed by atoms with van der Waals surface area (Å²) < 4.78 is 12.7. The van der Waals surface area contributed by atoms with Gasteiger partial charge >= 0.3 is 0 Å². The van der Waals surface area contributed by atoms with Crippen LogP contribution in [0.25, 0.3) is 0 Å². The predicted octanol–water partition coefficient (Wildman–Crippen LogP) is 3.57. The van der Waals surface area contributed by atoms with Gasteiger partial charge in [-0.25, -0.2) is 4.39 Å². The topological polar surface area (TPSA) is 35.8 Å². The lowest BCUT2D eigenvalue weighted by Gasteiger charge is -2.30. The number of nitriles is 1. The molecule has 0 heterocycles. The number of nitrogens with one attached hydrogen (secondary N) is 1. The highest BCUT2D eigenvalue weighted by Gasteiger charge is 2.29. The van der Waals surface area contributed by atoms with E-state index in [1.54, 1.807) is 12.1 Å². The highest BCUT2D eigenvalue weighted by Crippen LogP contribution is 2.24. The van der Waals surface area contributed by atoms with Crippen molar-refractivity contribution in [1.29, 1.82) is 5.26 Å². The van der Waals surface area contributed by atoms with Crippen LogP contribution < -0.4 is 5.32 Å². The molecule has 0 saturated carbocycles. The van der Waals surface area contributed by atoms with Gasteiger partial charge in [-0.1, -0.05) is 20.3 Å². The Hall–Kier alpha value is -1.56. The molecule has 0 aliphatic carbocycles. The van der Waals surface area contributed by atoms with Gasteiger partial charge in [0.2, 0.25) is 0 Å². The van der Waals surface area contributed by atoms with E-state index in [4.69, 9.17) is 0 Å². The first-order valence-corrected chi connectivity index (χ1v) is 5.47. The maximum Gasteiger partial charge on any atom is 0.125 e. The minimum Gasteiger partial charge on any atom is -0.367 e. The molecule has 86 valence electrons. The van der Waals surface area contributed by atoms with E-state index in [1.807, 2.05) is 20.8 Å². The third-order valence-electron chi connectivity index (χ3n) is 3.08. The monoisotopic (exact) mass is 220 g/mol. The number of benzene rings is 1. The van der Waals surface area contributed by atoms with Crippen LogP contribution in [-0.4, -0.2) is 5.54 Å². The molecule has 2 unspecified atom stereocenters. The second-order valence-electron chi connectivity index (χ2n) is 4.26. The molecule has 0 aromatic heterocycles. The highest BCUT2D eigenvalue weighted by molar-refractivity contribution is 5.47. The van der Waals surface area contributed by atoms with Crippen LogP contribution in [0.4, 0.5) is 10.1 Å². The van der Waals surface area contributed by atoms with Gasteiger partial charge in [0.1, 0.15) is 11.4 Å². The van der Waals surface area contributed by atoms with Gasteiger partial charge in [-0.2, -0.15) is 5.26 Å². The summed E-state index contributed by atoms with van der Waals surface area (Å²) in [5.74, 6) is -0.0460. The van der Waals surface area contributed by atoms with E-state index in [0.29, 0.717) is 0 Å². The maximum absolute atomic E-state index is 12.7. The van der Waals surface area contributed by atoms with E-state index in [2.05, 4.69) is 11.4 Å². The lowest BCUT2D eigenvalue weighted by molar-refractivity contribution is 0.415. The third kappa shape index (κ3) is 2.73. The van der Waals surface area contributed by atoms with Crippen molar-refractivity contribution in [1.82, 2.24) is 0 Å². The first kappa shape index (κ1) is 12.5. The first-order valence-electron chi connectivity index (χ1n) is 5.47. The van der Waals surface area contributed by atoms with E-state index in [-0.39, 0.29) is 11.7 Å². The number of hydrogen-bond acceptors (Lipinski definition) is 2. The smallest absolute Gasteiger partial charge is 0.125 e. The number of anilines is 1. The standard InChI is InChI=1S/C13H17FN2/c1-4-10(2)13(3,9-15)16-12-7-5-11(14)6-8-12/h5-8,10,16H,4H2,1-3H3. The molecule has 1 aromatic carbocycles. The van der Waals surface area contributed by atoms with Crippen LogP contribution in [0, 0.1) is 23.1 Å².